The number of nitrogens with one attached hydrogen (secondary N) is 1. The van der Waals surface area contributed by atoms with Crippen LogP contribution >= 0.6 is 0 Å². The predicted molar refractivity (Wildman–Crippen MR) is 77.5 cm³/mol. The van der Waals surface area contributed by atoms with Gasteiger partial charge in [-0.3, -0.25) is 9.48 Å². The van der Waals surface area contributed by atoms with Crippen molar-refractivity contribution in [3.63, 3.8) is 0 Å². The zero-order valence-electron chi connectivity index (χ0n) is 12.5. The number of rotatable bonds is 4. The van der Waals surface area contributed by atoms with Crippen LogP contribution in [0.5, 0.6) is 0 Å². The van der Waals surface area contributed by atoms with Crippen LogP contribution in [0.2, 0.25) is 0 Å². The fraction of sp³-hybridized carbons (Fsp3) is 0.714. The van der Waals surface area contributed by atoms with Gasteiger partial charge in [0.05, 0.1) is 12.3 Å². The first-order chi connectivity index (χ1) is 9.52. The molecule has 0 saturated carbocycles. The largest absolute Gasteiger partial charge is 0.391 e. The molecule has 0 aromatic carbocycles. The van der Waals surface area contributed by atoms with E-state index in [1.807, 2.05) is 18.7 Å². The molecule has 1 aliphatic heterocycles. The Morgan fingerprint density at radius 1 is 1.45 bits per heavy atom. The van der Waals surface area contributed by atoms with Crippen molar-refractivity contribution in [2.24, 2.45) is 13.0 Å². The normalized spacial score (nSPS) is 16.5. The van der Waals surface area contributed by atoms with Gasteiger partial charge in [-0.05, 0) is 25.7 Å². The number of hydrogen-bond acceptors (Lipinski definition) is 4. The first-order valence-corrected chi connectivity index (χ1v) is 7.15. The van der Waals surface area contributed by atoms with E-state index in [1.54, 1.807) is 6.92 Å². The van der Waals surface area contributed by atoms with Crippen molar-refractivity contribution in [2.75, 3.05) is 24.5 Å². The Bertz CT molecular complexity index is 476. The average Bonchev–Trinajstić information content (AvgIpc) is 2.71. The van der Waals surface area contributed by atoms with Gasteiger partial charge in [0.2, 0.25) is 5.91 Å². The van der Waals surface area contributed by atoms with E-state index in [1.165, 1.54) is 0 Å². The Kier molecular flexibility index (Phi) is 4.65. The maximum absolute atomic E-state index is 10.9. The topological polar surface area (TPSA) is 70.4 Å². The third-order valence-electron chi connectivity index (χ3n) is 4.03. The summed E-state index contributed by atoms with van der Waals surface area (Å²) in [6.07, 6.45) is 2.10. The molecule has 112 valence electrons. The summed E-state index contributed by atoms with van der Waals surface area (Å²) in [5.74, 6) is 1.61. The number of aliphatic hydroxyl groups is 1. The third kappa shape index (κ3) is 3.12. The van der Waals surface area contributed by atoms with Crippen LogP contribution in [0.15, 0.2) is 0 Å². The molecule has 6 nitrogen and oxygen atoms in total. The molecule has 2 rings (SSSR count). The molecule has 1 aliphatic rings. The summed E-state index contributed by atoms with van der Waals surface area (Å²) in [4.78, 5) is 13.2. The van der Waals surface area contributed by atoms with Crippen LogP contribution < -0.4 is 10.2 Å². The molecule has 0 unspecified atom stereocenters. The maximum Gasteiger partial charge on any atom is 0.216 e. The molecule has 0 aliphatic carbocycles. The van der Waals surface area contributed by atoms with Crippen LogP contribution in [0.25, 0.3) is 0 Å². The minimum atomic E-state index is 0.0286. The lowest BCUT2D eigenvalue weighted by Crippen LogP contribution is -2.39. The molecule has 0 atom stereocenters. The van der Waals surface area contributed by atoms with E-state index >= 15 is 0 Å². The molecule has 2 heterocycles. The van der Waals surface area contributed by atoms with E-state index in [0.29, 0.717) is 5.92 Å². The molecule has 1 aromatic heterocycles. The number of aliphatic hydroxyl groups excluding tert-OH is 1. The molecule has 0 radical (unpaired) electrons. The Balaban J connectivity index is 1.99. The van der Waals surface area contributed by atoms with Crippen LogP contribution in [0.4, 0.5) is 5.82 Å². The van der Waals surface area contributed by atoms with Crippen molar-refractivity contribution in [1.29, 1.82) is 0 Å². The van der Waals surface area contributed by atoms with E-state index in [2.05, 4.69) is 15.3 Å². The average molecular weight is 280 g/mol. The summed E-state index contributed by atoms with van der Waals surface area (Å²) in [6.45, 7) is 6.16. The number of aryl methyl sites for hydroxylation is 2. The van der Waals surface area contributed by atoms with Gasteiger partial charge in [0.25, 0.3) is 0 Å². The quantitative estimate of drug-likeness (QED) is 0.846. The summed E-state index contributed by atoms with van der Waals surface area (Å²) in [6, 6.07) is 0. The first-order valence-electron chi connectivity index (χ1n) is 7.15. The smallest absolute Gasteiger partial charge is 0.216 e. The van der Waals surface area contributed by atoms with Gasteiger partial charge in [0, 0.05) is 39.2 Å². The van der Waals surface area contributed by atoms with Gasteiger partial charge in [0.1, 0.15) is 5.82 Å². The second kappa shape index (κ2) is 6.26. The van der Waals surface area contributed by atoms with E-state index in [9.17, 15) is 9.90 Å². The second-order valence-electron chi connectivity index (χ2n) is 5.54. The SMILES string of the molecule is CC(=O)NCC1CCN(c2c(CO)c(C)nn2C)CC1. The summed E-state index contributed by atoms with van der Waals surface area (Å²) in [5, 5.41) is 16.8. The zero-order valence-corrected chi connectivity index (χ0v) is 12.5. The van der Waals surface area contributed by atoms with Crippen molar-refractivity contribution in [1.82, 2.24) is 15.1 Å². The third-order valence-corrected chi connectivity index (χ3v) is 4.03. The number of amides is 1. The minimum Gasteiger partial charge on any atom is -0.391 e. The molecule has 0 spiro atoms. The lowest BCUT2D eigenvalue weighted by Gasteiger charge is -2.34. The molecular formula is C14H24N4O2. The highest BCUT2D eigenvalue weighted by molar-refractivity contribution is 5.72. The maximum atomic E-state index is 10.9. The van der Waals surface area contributed by atoms with Gasteiger partial charge in [-0.25, -0.2) is 0 Å². The molecule has 6 heteroatoms. The molecular weight excluding hydrogens is 256 g/mol. The number of carbonyl (C=O) groups excluding carboxylic acids is 1. The summed E-state index contributed by atoms with van der Waals surface area (Å²) >= 11 is 0. The Morgan fingerprint density at radius 2 is 2.10 bits per heavy atom. The van der Waals surface area contributed by atoms with Crippen LogP contribution in [0.3, 0.4) is 0 Å². The van der Waals surface area contributed by atoms with Gasteiger partial charge in [-0.2, -0.15) is 5.10 Å². The highest BCUT2D eigenvalue weighted by atomic mass is 16.3. The van der Waals surface area contributed by atoms with E-state index in [0.717, 1.165) is 49.6 Å². The van der Waals surface area contributed by atoms with Crippen molar-refractivity contribution in [3.05, 3.63) is 11.3 Å². The zero-order chi connectivity index (χ0) is 14.7. The van der Waals surface area contributed by atoms with Gasteiger partial charge in [0.15, 0.2) is 0 Å². The Labute approximate surface area is 119 Å². The van der Waals surface area contributed by atoms with Crippen LogP contribution in [-0.2, 0) is 18.4 Å². The molecule has 2 N–H and O–H groups in total. The number of nitrogens with zero attached hydrogens (tertiary/aromatic N) is 3. The van der Waals surface area contributed by atoms with Crippen molar-refractivity contribution < 1.29 is 9.90 Å². The number of aromatic nitrogens is 2. The predicted octanol–water partition coefficient (Wildman–Crippen LogP) is 0.573. The molecule has 20 heavy (non-hydrogen) atoms. The second-order valence-corrected chi connectivity index (χ2v) is 5.54. The lowest BCUT2D eigenvalue weighted by atomic mass is 9.96. The van der Waals surface area contributed by atoms with Gasteiger partial charge in [-0.15, -0.1) is 0 Å². The first kappa shape index (κ1) is 14.8. The van der Waals surface area contributed by atoms with Crippen molar-refractivity contribution >= 4 is 11.7 Å². The molecule has 0 bridgehead atoms. The highest BCUT2D eigenvalue weighted by Gasteiger charge is 2.24. The van der Waals surface area contributed by atoms with Crippen LogP contribution in [0, 0.1) is 12.8 Å². The van der Waals surface area contributed by atoms with Crippen LogP contribution in [-0.4, -0.2) is 40.4 Å². The summed E-state index contributed by atoms with van der Waals surface area (Å²) in [7, 11) is 1.92. The molecule has 1 fully saturated rings. The number of hydrogen-bond donors (Lipinski definition) is 2. The Morgan fingerprint density at radius 3 is 2.65 bits per heavy atom. The van der Waals surface area contributed by atoms with Gasteiger partial charge >= 0.3 is 0 Å². The summed E-state index contributed by atoms with van der Waals surface area (Å²) in [5.41, 5.74) is 1.82. The lowest BCUT2D eigenvalue weighted by molar-refractivity contribution is -0.119. The van der Waals surface area contributed by atoms with E-state index < -0.39 is 0 Å². The van der Waals surface area contributed by atoms with E-state index in [-0.39, 0.29) is 12.5 Å². The van der Waals surface area contributed by atoms with Crippen LogP contribution in [0.1, 0.15) is 31.0 Å². The molecule has 1 amide bonds. The Hall–Kier alpha value is -1.56. The number of anilines is 1. The monoisotopic (exact) mass is 280 g/mol. The van der Waals surface area contributed by atoms with E-state index in [4.69, 9.17) is 0 Å². The van der Waals surface area contributed by atoms with Crippen molar-refractivity contribution in [2.45, 2.75) is 33.3 Å². The minimum absolute atomic E-state index is 0.0286. The van der Waals surface area contributed by atoms with Gasteiger partial charge in [-0.1, -0.05) is 0 Å². The summed E-state index contributed by atoms with van der Waals surface area (Å²) < 4.78 is 1.86. The number of carbonyl (C=O) groups is 1. The standard InChI is InChI=1S/C14H24N4O2/c1-10-13(9-19)14(17(3)16-10)18-6-4-12(5-7-18)8-15-11(2)20/h12,19H,4-9H2,1-3H3,(H,15,20). The van der Waals surface area contributed by atoms with Gasteiger partial charge < -0.3 is 15.3 Å². The van der Waals surface area contributed by atoms with Crippen molar-refractivity contribution in [3.8, 4) is 0 Å². The number of piperidine rings is 1. The molecule has 1 aromatic rings. The fourth-order valence-electron chi connectivity index (χ4n) is 2.91. The fourth-order valence-corrected chi connectivity index (χ4v) is 2.91. The molecule has 1 saturated heterocycles. The highest BCUT2D eigenvalue weighted by Crippen LogP contribution is 2.27.